The van der Waals surface area contributed by atoms with Crippen molar-refractivity contribution in [1.29, 1.82) is 0 Å². The number of imidazole rings is 1. The number of nitrogens with zero attached hydrogens (tertiary/aromatic N) is 4. The van der Waals surface area contributed by atoms with Crippen molar-refractivity contribution in [3.8, 4) is 0 Å². The standard InChI is InChI=1S/C23H27N6O9P/c1-2-24-23(32)28-19-16-20(26-11-25-19)29(12-27-16)21-18-17(37-22(38-18)13-6-4-3-5-7-13)14(36-21)10-35-39(33,34)9-8-15(30)31/h3-7,11-12,14,17-18,21-22H,2,8-10H2,1H3,(H,30,31)(H,33,34)(H2,24,25,26,28,32)/t14-,17?,18+,21-,22+/m1/s1. The lowest BCUT2D eigenvalue weighted by Gasteiger charge is -2.22. The van der Waals surface area contributed by atoms with Crippen LogP contribution in [0.4, 0.5) is 10.6 Å². The number of carboxylic acids is 1. The molecule has 2 amide bonds. The number of fused-ring (bicyclic) bond motifs is 2. The first-order chi connectivity index (χ1) is 18.8. The second-order valence-electron chi connectivity index (χ2n) is 8.84. The Hall–Kier alpha value is -3.46. The minimum atomic E-state index is -4.20. The lowest BCUT2D eigenvalue weighted by atomic mass is 10.1. The highest BCUT2D eigenvalue weighted by Crippen LogP contribution is 2.48. The van der Waals surface area contributed by atoms with Crippen LogP contribution in [0.15, 0.2) is 43.0 Å². The van der Waals surface area contributed by atoms with Crippen LogP contribution in [-0.4, -0.2) is 79.1 Å². The zero-order chi connectivity index (χ0) is 27.6. The molecule has 5 rings (SSSR count). The summed E-state index contributed by atoms with van der Waals surface area (Å²) in [5.41, 5.74) is 1.43. The number of benzene rings is 1. The molecule has 2 aliphatic heterocycles. The fourth-order valence-electron chi connectivity index (χ4n) is 4.39. The number of urea groups is 1. The lowest BCUT2D eigenvalue weighted by molar-refractivity contribution is -0.152. The number of rotatable bonds is 10. The molecule has 4 N–H and O–H groups in total. The van der Waals surface area contributed by atoms with Crippen LogP contribution in [0.1, 0.15) is 31.4 Å². The molecule has 39 heavy (non-hydrogen) atoms. The first kappa shape index (κ1) is 27.1. The molecule has 0 aliphatic carbocycles. The summed E-state index contributed by atoms with van der Waals surface area (Å²) in [5, 5.41) is 14.1. The highest BCUT2D eigenvalue weighted by molar-refractivity contribution is 7.52. The lowest BCUT2D eigenvalue weighted by Crippen LogP contribution is -2.31. The Morgan fingerprint density at radius 1 is 1.13 bits per heavy atom. The van der Waals surface area contributed by atoms with E-state index in [1.165, 1.54) is 12.7 Å². The summed E-state index contributed by atoms with van der Waals surface area (Å²) in [6, 6.07) is 8.80. The Bertz CT molecular complexity index is 1390. The van der Waals surface area contributed by atoms with Gasteiger partial charge in [0.2, 0.25) is 0 Å². The summed E-state index contributed by atoms with van der Waals surface area (Å²) in [6.07, 6.45) is -2.10. The van der Waals surface area contributed by atoms with Crippen LogP contribution in [0.3, 0.4) is 0 Å². The van der Waals surface area contributed by atoms with Gasteiger partial charge in [-0.1, -0.05) is 30.3 Å². The second kappa shape index (κ2) is 11.3. The van der Waals surface area contributed by atoms with E-state index in [0.29, 0.717) is 17.7 Å². The van der Waals surface area contributed by atoms with Crippen molar-refractivity contribution in [3.63, 3.8) is 0 Å². The fraction of sp³-hybridized carbons (Fsp3) is 0.435. The highest BCUT2D eigenvalue weighted by atomic mass is 31.2. The molecule has 0 saturated carbocycles. The molecule has 2 aromatic heterocycles. The zero-order valence-corrected chi connectivity index (χ0v) is 21.6. The van der Waals surface area contributed by atoms with Gasteiger partial charge in [0.25, 0.3) is 0 Å². The van der Waals surface area contributed by atoms with Gasteiger partial charge in [0.15, 0.2) is 29.5 Å². The summed E-state index contributed by atoms with van der Waals surface area (Å²) in [4.78, 5) is 45.8. The zero-order valence-electron chi connectivity index (χ0n) is 20.7. The number of ether oxygens (including phenoxy) is 3. The Morgan fingerprint density at radius 2 is 1.90 bits per heavy atom. The molecule has 0 spiro atoms. The topological polar surface area (TPSA) is 196 Å². The highest BCUT2D eigenvalue weighted by Gasteiger charge is 2.54. The van der Waals surface area contributed by atoms with E-state index in [9.17, 15) is 19.0 Å². The number of anilines is 1. The number of aliphatic carboxylic acids is 1. The van der Waals surface area contributed by atoms with Crippen molar-refractivity contribution in [3.05, 3.63) is 48.5 Å². The van der Waals surface area contributed by atoms with E-state index >= 15 is 0 Å². The van der Waals surface area contributed by atoms with Gasteiger partial charge < -0.3 is 34.1 Å². The summed E-state index contributed by atoms with van der Waals surface area (Å²) in [7, 11) is -4.20. The van der Waals surface area contributed by atoms with Gasteiger partial charge >= 0.3 is 19.6 Å². The largest absolute Gasteiger partial charge is 0.481 e. The van der Waals surface area contributed by atoms with Crippen molar-refractivity contribution < 1.29 is 42.9 Å². The van der Waals surface area contributed by atoms with E-state index in [4.69, 9.17) is 23.8 Å². The van der Waals surface area contributed by atoms with Gasteiger partial charge in [0.1, 0.15) is 24.6 Å². The molecule has 208 valence electrons. The van der Waals surface area contributed by atoms with Crippen LogP contribution >= 0.6 is 7.60 Å². The van der Waals surface area contributed by atoms with E-state index in [1.807, 2.05) is 30.3 Å². The maximum Gasteiger partial charge on any atom is 0.328 e. The summed E-state index contributed by atoms with van der Waals surface area (Å²) in [6.45, 7) is 1.86. The molecule has 2 saturated heterocycles. The third-order valence-electron chi connectivity index (χ3n) is 6.17. The number of carboxylic acid groups (broad SMARTS) is 1. The van der Waals surface area contributed by atoms with E-state index in [2.05, 4.69) is 25.6 Å². The van der Waals surface area contributed by atoms with Crippen LogP contribution in [-0.2, 0) is 28.1 Å². The molecular weight excluding hydrogens is 535 g/mol. The molecular formula is C23H27N6O9P. The Labute approximate surface area is 222 Å². The fourth-order valence-corrected chi connectivity index (χ4v) is 5.38. The molecule has 0 radical (unpaired) electrons. The minimum absolute atomic E-state index is 0.199. The Morgan fingerprint density at radius 3 is 2.64 bits per heavy atom. The first-order valence-corrected chi connectivity index (χ1v) is 13.9. The molecule has 0 bridgehead atoms. The van der Waals surface area contributed by atoms with Crippen LogP contribution < -0.4 is 10.6 Å². The van der Waals surface area contributed by atoms with Gasteiger partial charge in [-0.2, -0.15) is 0 Å². The summed E-state index contributed by atoms with van der Waals surface area (Å²) in [5.74, 6) is -1.01. The van der Waals surface area contributed by atoms with Gasteiger partial charge in [-0.3, -0.25) is 19.2 Å². The van der Waals surface area contributed by atoms with Gasteiger partial charge in [0, 0.05) is 12.1 Å². The summed E-state index contributed by atoms with van der Waals surface area (Å²) < 4.78 is 37.8. The molecule has 2 aliphatic rings. The van der Waals surface area contributed by atoms with Crippen molar-refractivity contribution in [2.75, 3.05) is 24.6 Å². The molecule has 1 aromatic carbocycles. The predicted octanol–water partition coefficient (Wildman–Crippen LogP) is 2.02. The number of hydrogen-bond acceptors (Lipinski definition) is 10. The number of aromatic nitrogens is 4. The number of carbonyl (C=O) groups excluding carboxylic acids is 1. The van der Waals surface area contributed by atoms with E-state index in [1.54, 1.807) is 11.5 Å². The average molecular weight is 562 g/mol. The third-order valence-corrected chi connectivity index (χ3v) is 7.51. The van der Waals surface area contributed by atoms with Crippen LogP contribution in [0, 0.1) is 0 Å². The molecule has 3 aromatic rings. The molecule has 2 fully saturated rings. The number of hydrogen-bond donors (Lipinski definition) is 4. The number of carbonyl (C=O) groups is 2. The van der Waals surface area contributed by atoms with Gasteiger partial charge in [-0.05, 0) is 6.92 Å². The quantitative estimate of drug-likeness (QED) is 0.263. The monoisotopic (exact) mass is 562 g/mol. The van der Waals surface area contributed by atoms with Gasteiger partial charge in [-0.25, -0.2) is 19.7 Å². The smallest absolute Gasteiger partial charge is 0.328 e. The van der Waals surface area contributed by atoms with Crippen LogP contribution in [0.5, 0.6) is 0 Å². The Kier molecular flexibility index (Phi) is 7.88. The van der Waals surface area contributed by atoms with Crippen LogP contribution in [0.25, 0.3) is 11.2 Å². The number of amides is 2. The molecule has 6 atom stereocenters. The average Bonchev–Trinajstić information content (AvgIpc) is 3.62. The maximum absolute atomic E-state index is 12.4. The van der Waals surface area contributed by atoms with E-state index in [-0.39, 0.29) is 12.4 Å². The summed E-state index contributed by atoms with van der Waals surface area (Å²) >= 11 is 0. The predicted molar refractivity (Wildman–Crippen MR) is 134 cm³/mol. The third kappa shape index (κ3) is 5.93. The Balaban J connectivity index is 1.41. The number of nitrogens with one attached hydrogen (secondary N) is 2. The molecule has 2 unspecified atom stereocenters. The maximum atomic E-state index is 12.4. The first-order valence-electron chi connectivity index (χ1n) is 12.2. The normalized spacial score (nSPS) is 25.7. The van der Waals surface area contributed by atoms with Crippen molar-refractivity contribution >= 4 is 36.6 Å². The molecule has 15 nitrogen and oxygen atoms in total. The van der Waals surface area contributed by atoms with Crippen molar-refractivity contribution in [2.45, 2.75) is 44.2 Å². The van der Waals surface area contributed by atoms with E-state index in [0.717, 1.165) is 5.56 Å². The SMILES string of the molecule is CCNC(=O)Nc1ncnc2c1ncn2[C@@H]1O[C@H](COP(=O)(O)CCC(=O)O)C2O[C@H](c3ccccc3)O[C@@H]21. The van der Waals surface area contributed by atoms with Gasteiger partial charge in [0.05, 0.1) is 25.5 Å². The molecule has 16 heteroatoms. The van der Waals surface area contributed by atoms with E-state index < -0.39 is 63.0 Å². The van der Waals surface area contributed by atoms with Crippen molar-refractivity contribution in [1.82, 2.24) is 24.8 Å². The van der Waals surface area contributed by atoms with Gasteiger partial charge in [-0.15, -0.1) is 0 Å². The minimum Gasteiger partial charge on any atom is -0.481 e. The second-order valence-corrected chi connectivity index (χ2v) is 10.8. The van der Waals surface area contributed by atoms with Crippen LogP contribution in [0.2, 0.25) is 0 Å². The molecule has 4 heterocycles. The van der Waals surface area contributed by atoms with Crippen molar-refractivity contribution in [2.24, 2.45) is 0 Å².